The molecule has 5 heteroatoms. The summed E-state index contributed by atoms with van der Waals surface area (Å²) < 4.78 is 10.3. The molecule has 21 heavy (non-hydrogen) atoms. The zero-order valence-electron chi connectivity index (χ0n) is 12.7. The van der Waals surface area contributed by atoms with Crippen molar-refractivity contribution in [3.63, 3.8) is 0 Å². The minimum atomic E-state index is -0.0915. The number of aromatic hydroxyl groups is 1. The first-order valence-electron chi connectivity index (χ1n) is 7.36. The molecule has 1 aliphatic heterocycles. The molecule has 1 aromatic rings. The van der Waals surface area contributed by atoms with E-state index in [9.17, 15) is 9.90 Å². The molecule has 0 spiro atoms. The van der Waals surface area contributed by atoms with Crippen molar-refractivity contribution in [1.82, 2.24) is 4.90 Å². The van der Waals surface area contributed by atoms with Crippen molar-refractivity contribution in [1.29, 1.82) is 0 Å². The highest BCUT2D eigenvalue weighted by Gasteiger charge is 2.19. The van der Waals surface area contributed by atoms with Crippen LogP contribution in [0.3, 0.4) is 0 Å². The van der Waals surface area contributed by atoms with Gasteiger partial charge in [0, 0.05) is 18.6 Å². The number of methoxy groups -OCH3 is 2. The van der Waals surface area contributed by atoms with Gasteiger partial charge in [-0.25, -0.2) is 0 Å². The fraction of sp³-hybridized carbons (Fsp3) is 0.562. The summed E-state index contributed by atoms with van der Waals surface area (Å²) >= 11 is 0. The normalized spacial score (nSPS) is 15.1. The van der Waals surface area contributed by atoms with Gasteiger partial charge in [-0.1, -0.05) is 0 Å². The zero-order valence-corrected chi connectivity index (χ0v) is 12.7. The van der Waals surface area contributed by atoms with Crippen LogP contribution in [0, 0.1) is 0 Å². The average Bonchev–Trinajstić information content (AvgIpc) is 2.99. The third kappa shape index (κ3) is 3.88. The smallest absolute Gasteiger partial charge is 0.170 e. The molecule has 0 aliphatic carbocycles. The summed E-state index contributed by atoms with van der Waals surface area (Å²) in [7, 11) is 2.99. The van der Waals surface area contributed by atoms with Crippen LogP contribution in [0.5, 0.6) is 17.2 Å². The molecule has 0 aromatic heterocycles. The van der Waals surface area contributed by atoms with Crippen LogP contribution in [0.1, 0.15) is 36.0 Å². The summed E-state index contributed by atoms with van der Waals surface area (Å²) in [5.41, 5.74) is 0.250. The van der Waals surface area contributed by atoms with Crippen molar-refractivity contribution >= 4 is 5.78 Å². The second-order valence-corrected chi connectivity index (χ2v) is 5.30. The van der Waals surface area contributed by atoms with E-state index in [0.717, 1.165) is 26.1 Å². The first-order chi connectivity index (χ1) is 10.2. The summed E-state index contributed by atoms with van der Waals surface area (Å²) in [6, 6.07) is 3.06. The van der Waals surface area contributed by atoms with Crippen LogP contribution >= 0.6 is 0 Å². The molecule has 0 atom stereocenters. The van der Waals surface area contributed by atoms with Crippen molar-refractivity contribution in [2.45, 2.75) is 25.7 Å². The SMILES string of the molecule is COc1cc(O)c(C(=O)CCCN2CCCC2)c(OC)c1. The molecule has 0 radical (unpaired) electrons. The number of ketones is 1. The van der Waals surface area contributed by atoms with Crippen LogP contribution in [-0.2, 0) is 0 Å². The molecule has 1 fully saturated rings. The highest BCUT2D eigenvalue weighted by Crippen LogP contribution is 2.34. The molecule has 1 aliphatic rings. The summed E-state index contributed by atoms with van der Waals surface area (Å²) in [5.74, 6) is 0.652. The Hall–Kier alpha value is -1.75. The van der Waals surface area contributed by atoms with Gasteiger partial charge in [0.25, 0.3) is 0 Å². The van der Waals surface area contributed by atoms with Gasteiger partial charge in [-0.05, 0) is 38.9 Å². The largest absolute Gasteiger partial charge is 0.507 e. The fourth-order valence-electron chi connectivity index (χ4n) is 2.73. The van der Waals surface area contributed by atoms with E-state index in [1.807, 2.05) is 0 Å². The molecule has 116 valence electrons. The maximum Gasteiger partial charge on any atom is 0.170 e. The van der Waals surface area contributed by atoms with Crippen LogP contribution in [-0.4, -0.2) is 49.6 Å². The lowest BCUT2D eigenvalue weighted by Crippen LogP contribution is -2.21. The molecule has 1 N–H and O–H groups in total. The Morgan fingerprint density at radius 2 is 1.95 bits per heavy atom. The first-order valence-corrected chi connectivity index (χ1v) is 7.36. The Morgan fingerprint density at radius 1 is 1.24 bits per heavy atom. The number of nitrogens with zero attached hydrogens (tertiary/aromatic N) is 1. The molecule has 1 saturated heterocycles. The van der Waals surface area contributed by atoms with E-state index < -0.39 is 0 Å². The molecule has 1 aromatic carbocycles. The first kappa shape index (κ1) is 15.6. The van der Waals surface area contributed by atoms with Gasteiger partial charge in [0.1, 0.15) is 22.8 Å². The van der Waals surface area contributed by atoms with Gasteiger partial charge in [0.05, 0.1) is 14.2 Å². The van der Waals surface area contributed by atoms with Gasteiger partial charge in [-0.2, -0.15) is 0 Å². The Balaban J connectivity index is 2.00. The molecule has 0 amide bonds. The lowest BCUT2D eigenvalue weighted by Gasteiger charge is -2.15. The van der Waals surface area contributed by atoms with Gasteiger partial charge >= 0.3 is 0 Å². The highest BCUT2D eigenvalue weighted by atomic mass is 16.5. The Morgan fingerprint density at radius 3 is 2.57 bits per heavy atom. The topological polar surface area (TPSA) is 59.0 Å². The van der Waals surface area contributed by atoms with Gasteiger partial charge < -0.3 is 19.5 Å². The van der Waals surface area contributed by atoms with Crippen LogP contribution in [0.25, 0.3) is 0 Å². The van der Waals surface area contributed by atoms with Crippen molar-refractivity contribution < 1.29 is 19.4 Å². The fourth-order valence-corrected chi connectivity index (χ4v) is 2.73. The van der Waals surface area contributed by atoms with Crippen LogP contribution in [0.15, 0.2) is 12.1 Å². The maximum absolute atomic E-state index is 12.3. The van der Waals surface area contributed by atoms with Gasteiger partial charge in [0.2, 0.25) is 0 Å². The number of ether oxygens (including phenoxy) is 2. The number of benzene rings is 1. The number of carbonyl (C=O) groups excluding carboxylic acids is 1. The maximum atomic E-state index is 12.3. The van der Waals surface area contributed by atoms with E-state index in [4.69, 9.17) is 9.47 Å². The number of rotatable bonds is 7. The van der Waals surface area contributed by atoms with E-state index in [-0.39, 0.29) is 17.1 Å². The zero-order chi connectivity index (χ0) is 15.2. The molecule has 2 rings (SSSR count). The number of phenols is 1. The Labute approximate surface area is 125 Å². The summed E-state index contributed by atoms with van der Waals surface area (Å²) in [6.45, 7) is 3.20. The van der Waals surface area contributed by atoms with E-state index in [1.54, 1.807) is 6.07 Å². The van der Waals surface area contributed by atoms with E-state index in [0.29, 0.717) is 17.9 Å². The molecule has 0 bridgehead atoms. The second kappa shape index (κ2) is 7.31. The standard InChI is InChI=1S/C16H23NO4/c1-20-12-10-14(19)16(15(11-12)21-2)13(18)6-5-9-17-7-3-4-8-17/h10-11,19H,3-9H2,1-2H3. The van der Waals surface area contributed by atoms with Crippen LogP contribution < -0.4 is 9.47 Å². The van der Waals surface area contributed by atoms with Gasteiger partial charge in [-0.3, -0.25) is 4.79 Å². The lowest BCUT2D eigenvalue weighted by atomic mass is 10.0. The van der Waals surface area contributed by atoms with E-state index >= 15 is 0 Å². The minimum absolute atomic E-state index is 0.0858. The molecule has 0 saturated carbocycles. The molecule has 0 unspecified atom stereocenters. The molecule has 1 heterocycles. The van der Waals surface area contributed by atoms with Crippen molar-refractivity contribution in [2.75, 3.05) is 33.9 Å². The number of Topliss-reactive ketones (excluding diaryl/α,β-unsaturated/α-hetero) is 1. The number of hydrogen-bond acceptors (Lipinski definition) is 5. The van der Waals surface area contributed by atoms with Crippen molar-refractivity contribution in [2.24, 2.45) is 0 Å². The summed E-state index contributed by atoms with van der Waals surface area (Å²) in [6.07, 6.45) is 3.71. The third-order valence-electron chi connectivity index (χ3n) is 3.87. The molecular formula is C16H23NO4. The number of hydrogen-bond donors (Lipinski definition) is 1. The van der Waals surface area contributed by atoms with Gasteiger partial charge in [-0.15, -0.1) is 0 Å². The monoisotopic (exact) mass is 293 g/mol. The average molecular weight is 293 g/mol. The Bertz CT molecular complexity index is 495. The summed E-state index contributed by atoms with van der Waals surface area (Å²) in [4.78, 5) is 14.7. The van der Waals surface area contributed by atoms with Crippen LogP contribution in [0.4, 0.5) is 0 Å². The number of likely N-dealkylation sites (tertiary alicyclic amines) is 1. The van der Waals surface area contributed by atoms with Crippen LogP contribution in [0.2, 0.25) is 0 Å². The quantitative estimate of drug-likeness (QED) is 0.783. The number of phenolic OH excluding ortho intramolecular Hbond substituents is 1. The van der Waals surface area contributed by atoms with E-state index in [2.05, 4.69) is 4.90 Å². The Kier molecular flexibility index (Phi) is 5.44. The molecular weight excluding hydrogens is 270 g/mol. The number of carbonyl (C=O) groups is 1. The molecule has 5 nitrogen and oxygen atoms in total. The predicted molar refractivity (Wildman–Crippen MR) is 80.4 cm³/mol. The predicted octanol–water partition coefficient (Wildman–Crippen LogP) is 2.47. The van der Waals surface area contributed by atoms with Gasteiger partial charge in [0.15, 0.2) is 5.78 Å². The minimum Gasteiger partial charge on any atom is -0.507 e. The third-order valence-corrected chi connectivity index (χ3v) is 3.87. The van der Waals surface area contributed by atoms with Crippen molar-refractivity contribution in [3.8, 4) is 17.2 Å². The van der Waals surface area contributed by atoms with Crippen molar-refractivity contribution in [3.05, 3.63) is 17.7 Å². The lowest BCUT2D eigenvalue weighted by molar-refractivity contribution is 0.0970. The summed E-state index contributed by atoms with van der Waals surface area (Å²) in [5, 5.41) is 10.0. The second-order valence-electron chi connectivity index (χ2n) is 5.30. The highest BCUT2D eigenvalue weighted by molar-refractivity contribution is 6.01. The van der Waals surface area contributed by atoms with E-state index in [1.165, 1.54) is 33.1 Å².